The van der Waals surface area contributed by atoms with Gasteiger partial charge in [0.1, 0.15) is 11.6 Å². The van der Waals surface area contributed by atoms with Gasteiger partial charge in [0, 0.05) is 4.47 Å². The van der Waals surface area contributed by atoms with E-state index in [1.807, 2.05) is 0 Å². The molecule has 0 saturated heterocycles. The maximum Gasteiger partial charge on any atom is 0.276 e. The van der Waals surface area contributed by atoms with Gasteiger partial charge in [-0.1, -0.05) is 27.5 Å². The minimum atomic E-state index is -0.531. The first kappa shape index (κ1) is 14.5. The van der Waals surface area contributed by atoms with Gasteiger partial charge in [-0.3, -0.25) is 10.1 Å². The molecule has 4 N–H and O–H groups in total. The Morgan fingerprint density at radius 3 is 2.60 bits per heavy atom. The molecule has 1 aromatic carbocycles. The Labute approximate surface area is 127 Å². The fourth-order valence-corrected chi connectivity index (χ4v) is 2.21. The third-order valence-corrected chi connectivity index (χ3v) is 3.17. The van der Waals surface area contributed by atoms with Gasteiger partial charge < -0.3 is 10.7 Å². The van der Waals surface area contributed by atoms with Crippen molar-refractivity contribution in [1.29, 1.82) is 0 Å². The number of nitrogens with two attached hydrogens (primary N) is 1. The van der Waals surface area contributed by atoms with Crippen LogP contribution in [0.5, 0.6) is 0 Å². The average molecular weight is 359 g/mol. The number of benzene rings is 1. The first-order valence-electron chi connectivity index (χ1n) is 5.35. The summed E-state index contributed by atoms with van der Waals surface area (Å²) in [5.41, 5.74) is 2.72. The molecule has 0 radical (unpaired) electrons. The van der Waals surface area contributed by atoms with Gasteiger partial charge >= 0.3 is 0 Å². The molecule has 9 heteroatoms. The molecule has 0 fully saturated rings. The molecule has 1 aromatic heterocycles. The van der Waals surface area contributed by atoms with Crippen LogP contribution < -0.4 is 16.6 Å². The zero-order valence-corrected chi connectivity index (χ0v) is 12.3. The normalized spacial score (nSPS) is 10.2. The van der Waals surface area contributed by atoms with Gasteiger partial charge in [0.15, 0.2) is 0 Å². The van der Waals surface area contributed by atoms with Crippen LogP contribution in [0.25, 0.3) is 0 Å². The van der Waals surface area contributed by atoms with E-state index in [4.69, 9.17) is 17.4 Å². The van der Waals surface area contributed by atoms with Crippen molar-refractivity contribution >= 4 is 50.5 Å². The lowest BCUT2D eigenvalue weighted by Crippen LogP contribution is -2.10. The summed E-state index contributed by atoms with van der Waals surface area (Å²) in [5, 5.41) is 14.2. The number of hydrogen-bond acceptors (Lipinski definition) is 6. The standard InChI is InChI=1S/C11H9BrClN5O2/c12-6-1-2-9(8(13)3-6)15-10-4-7(18(19)20)5-11(16-10)17-14/h1-5H,14H2,(H2,15,16,17). The second-order valence-electron chi connectivity index (χ2n) is 3.75. The van der Waals surface area contributed by atoms with Gasteiger partial charge in [-0.25, -0.2) is 10.8 Å². The molecular formula is C11H9BrClN5O2. The molecular weight excluding hydrogens is 350 g/mol. The minimum absolute atomic E-state index is 0.135. The molecule has 20 heavy (non-hydrogen) atoms. The molecule has 2 rings (SSSR count). The highest BCUT2D eigenvalue weighted by Gasteiger charge is 2.12. The molecule has 104 valence electrons. The van der Waals surface area contributed by atoms with Crippen LogP contribution in [-0.4, -0.2) is 9.91 Å². The van der Waals surface area contributed by atoms with E-state index in [1.165, 1.54) is 12.1 Å². The summed E-state index contributed by atoms with van der Waals surface area (Å²) < 4.78 is 0.823. The number of nitro groups is 1. The van der Waals surface area contributed by atoms with Crippen LogP contribution in [0.15, 0.2) is 34.8 Å². The first-order chi connectivity index (χ1) is 9.49. The summed E-state index contributed by atoms with van der Waals surface area (Å²) in [7, 11) is 0. The summed E-state index contributed by atoms with van der Waals surface area (Å²) in [5.74, 6) is 5.67. The number of nitrogens with one attached hydrogen (secondary N) is 2. The van der Waals surface area contributed by atoms with Crippen LogP contribution in [0.1, 0.15) is 0 Å². The van der Waals surface area contributed by atoms with Crippen LogP contribution in [0.3, 0.4) is 0 Å². The van der Waals surface area contributed by atoms with Gasteiger partial charge in [0.05, 0.1) is 27.8 Å². The monoisotopic (exact) mass is 357 g/mol. The summed E-state index contributed by atoms with van der Waals surface area (Å²) in [6.45, 7) is 0. The summed E-state index contributed by atoms with van der Waals surface area (Å²) in [6, 6.07) is 7.73. The number of nitrogens with zero attached hydrogens (tertiary/aromatic N) is 2. The third kappa shape index (κ3) is 3.35. The fraction of sp³-hybridized carbons (Fsp3) is 0. The Morgan fingerprint density at radius 2 is 2.00 bits per heavy atom. The van der Waals surface area contributed by atoms with Gasteiger partial charge in [0.2, 0.25) is 0 Å². The SMILES string of the molecule is NNc1cc([N+](=O)[O-])cc(Nc2ccc(Br)cc2Cl)n1. The van der Waals surface area contributed by atoms with Crippen molar-refractivity contribution in [3.8, 4) is 0 Å². The van der Waals surface area contributed by atoms with E-state index in [-0.39, 0.29) is 17.3 Å². The molecule has 0 unspecified atom stereocenters. The van der Waals surface area contributed by atoms with Gasteiger partial charge in [-0.2, -0.15) is 0 Å². The molecule has 7 nitrogen and oxygen atoms in total. The van der Waals surface area contributed by atoms with E-state index in [9.17, 15) is 10.1 Å². The van der Waals surface area contributed by atoms with E-state index in [0.29, 0.717) is 10.7 Å². The molecule has 0 amide bonds. The first-order valence-corrected chi connectivity index (χ1v) is 6.52. The topological polar surface area (TPSA) is 106 Å². The second kappa shape index (κ2) is 6.04. The molecule has 0 bridgehead atoms. The molecule has 0 atom stereocenters. The Morgan fingerprint density at radius 1 is 1.30 bits per heavy atom. The summed E-state index contributed by atoms with van der Waals surface area (Å²) in [6.07, 6.45) is 0. The number of rotatable bonds is 4. The van der Waals surface area contributed by atoms with Gasteiger partial charge in [-0.15, -0.1) is 0 Å². The number of halogens is 2. The zero-order valence-electron chi connectivity index (χ0n) is 9.93. The quantitative estimate of drug-likeness (QED) is 0.439. The number of hydrazine groups is 1. The van der Waals surface area contributed by atoms with Crippen molar-refractivity contribution in [1.82, 2.24) is 4.98 Å². The summed E-state index contributed by atoms with van der Waals surface area (Å²) >= 11 is 9.35. The molecule has 0 aliphatic carbocycles. The van der Waals surface area contributed by atoms with E-state index in [2.05, 4.69) is 31.7 Å². The molecule has 2 aromatic rings. The van der Waals surface area contributed by atoms with Crippen LogP contribution in [0, 0.1) is 10.1 Å². The van der Waals surface area contributed by atoms with Crippen LogP contribution in [0.4, 0.5) is 23.0 Å². The Bertz CT molecular complexity index is 667. The van der Waals surface area contributed by atoms with Gasteiger partial charge in [0.25, 0.3) is 5.69 Å². The Balaban J connectivity index is 2.37. The van der Waals surface area contributed by atoms with Crippen molar-refractivity contribution in [3.05, 3.63) is 49.9 Å². The zero-order chi connectivity index (χ0) is 14.7. The predicted octanol–water partition coefficient (Wildman–Crippen LogP) is 3.43. The van der Waals surface area contributed by atoms with Crippen LogP contribution in [0.2, 0.25) is 5.02 Å². The van der Waals surface area contributed by atoms with Crippen molar-refractivity contribution in [2.24, 2.45) is 5.84 Å². The lowest BCUT2D eigenvalue weighted by Gasteiger charge is -2.09. The van der Waals surface area contributed by atoms with Crippen LogP contribution >= 0.6 is 27.5 Å². The van der Waals surface area contributed by atoms with Gasteiger partial charge in [-0.05, 0) is 18.2 Å². The average Bonchev–Trinajstić information content (AvgIpc) is 2.41. The second-order valence-corrected chi connectivity index (χ2v) is 5.07. The molecule has 0 aliphatic rings. The molecule has 0 aliphatic heterocycles. The molecule has 1 heterocycles. The number of aromatic nitrogens is 1. The van der Waals surface area contributed by atoms with Crippen LogP contribution in [-0.2, 0) is 0 Å². The molecule has 0 spiro atoms. The number of hydrogen-bond donors (Lipinski definition) is 3. The van der Waals surface area contributed by atoms with Crippen molar-refractivity contribution in [3.63, 3.8) is 0 Å². The fourth-order valence-electron chi connectivity index (χ4n) is 1.49. The maximum absolute atomic E-state index is 10.8. The number of anilines is 3. The lowest BCUT2D eigenvalue weighted by atomic mass is 10.3. The number of nitrogen functional groups attached to an aromatic ring is 1. The minimum Gasteiger partial charge on any atom is -0.339 e. The maximum atomic E-state index is 10.8. The predicted molar refractivity (Wildman–Crippen MR) is 81.1 cm³/mol. The number of pyridine rings is 1. The highest BCUT2D eigenvalue weighted by Crippen LogP contribution is 2.29. The third-order valence-electron chi connectivity index (χ3n) is 2.36. The largest absolute Gasteiger partial charge is 0.339 e. The van der Waals surface area contributed by atoms with E-state index < -0.39 is 4.92 Å². The highest BCUT2D eigenvalue weighted by atomic mass is 79.9. The molecule has 0 saturated carbocycles. The van der Waals surface area contributed by atoms with E-state index in [1.54, 1.807) is 18.2 Å². The van der Waals surface area contributed by atoms with Crippen molar-refractivity contribution in [2.45, 2.75) is 0 Å². The van der Waals surface area contributed by atoms with Crippen molar-refractivity contribution < 1.29 is 4.92 Å². The summed E-state index contributed by atoms with van der Waals surface area (Å²) in [4.78, 5) is 14.4. The Hall–Kier alpha value is -1.90. The smallest absolute Gasteiger partial charge is 0.276 e. The highest BCUT2D eigenvalue weighted by molar-refractivity contribution is 9.10. The van der Waals surface area contributed by atoms with E-state index in [0.717, 1.165) is 4.47 Å². The van der Waals surface area contributed by atoms with Crippen molar-refractivity contribution in [2.75, 3.05) is 10.7 Å². The Kier molecular flexibility index (Phi) is 4.38. The lowest BCUT2D eigenvalue weighted by molar-refractivity contribution is -0.384. The van der Waals surface area contributed by atoms with E-state index >= 15 is 0 Å².